The minimum atomic E-state index is 0.0460. The Morgan fingerprint density at radius 1 is 0.938 bits per heavy atom. The van der Waals surface area contributed by atoms with E-state index >= 15 is 0 Å². The van der Waals surface area contributed by atoms with Crippen LogP contribution in [0.15, 0.2) is 62.6 Å². The number of carbonyl (C=O) groups is 1. The Balaban J connectivity index is 2.09. The second-order valence-electron chi connectivity index (χ2n) is 10.4. The van der Waals surface area contributed by atoms with E-state index in [4.69, 9.17) is 4.74 Å². The number of hydrogen-bond donors (Lipinski definition) is 0. The van der Waals surface area contributed by atoms with E-state index in [9.17, 15) is 4.79 Å². The first-order chi connectivity index (χ1) is 14.8. The summed E-state index contributed by atoms with van der Waals surface area (Å²) in [5, 5.41) is 0. The van der Waals surface area contributed by atoms with Gasteiger partial charge in [-0.25, -0.2) is 0 Å². The maximum atomic E-state index is 13.2. The molecule has 0 saturated carbocycles. The van der Waals surface area contributed by atoms with E-state index in [2.05, 4.69) is 79.7 Å². The van der Waals surface area contributed by atoms with E-state index < -0.39 is 0 Å². The van der Waals surface area contributed by atoms with Gasteiger partial charge in [0.05, 0.1) is 17.8 Å². The minimum Gasteiger partial charge on any atom is -0.492 e. The van der Waals surface area contributed by atoms with E-state index in [1.165, 1.54) is 19.6 Å². The standard InChI is InChI=1S/C28H35O2S2/c1-10-30-26-21(13-19-11-17(2)31-18(3)12-19)25(29)22(26)14-20-15-23(27(4,5)6)32-24(16-20)28(7,8)9/h11-16H,10H2,1-9H3/q+1. The lowest BCUT2D eigenvalue weighted by Crippen LogP contribution is -2.23. The van der Waals surface area contributed by atoms with Crippen molar-refractivity contribution >= 4 is 35.0 Å². The summed E-state index contributed by atoms with van der Waals surface area (Å²) >= 11 is 3.61. The van der Waals surface area contributed by atoms with Gasteiger partial charge in [0, 0.05) is 23.0 Å². The van der Waals surface area contributed by atoms with E-state index in [0.29, 0.717) is 23.5 Å². The van der Waals surface area contributed by atoms with Gasteiger partial charge in [0.25, 0.3) is 0 Å². The molecule has 0 aromatic carbocycles. The molecule has 3 rings (SSSR count). The van der Waals surface area contributed by atoms with E-state index in [0.717, 1.165) is 11.1 Å². The Morgan fingerprint density at radius 3 is 1.94 bits per heavy atom. The minimum absolute atomic E-state index is 0.0460. The van der Waals surface area contributed by atoms with Crippen LogP contribution in [0.3, 0.4) is 0 Å². The molecule has 0 spiro atoms. The van der Waals surface area contributed by atoms with Crippen molar-refractivity contribution in [3.05, 3.63) is 78.0 Å². The van der Waals surface area contributed by atoms with Crippen LogP contribution in [-0.2, 0) is 20.4 Å². The van der Waals surface area contributed by atoms with Gasteiger partial charge in [0.1, 0.15) is 5.76 Å². The van der Waals surface area contributed by atoms with Crippen molar-refractivity contribution in [2.24, 2.45) is 0 Å². The molecule has 1 aromatic heterocycles. The third kappa shape index (κ3) is 5.52. The molecule has 170 valence electrons. The zero-order chi connectivity index (χ0) is 23.8. The highest BCUT2D eigenvalue weighted by molar-refractivity contribution is 8.06. The molecule has 0 bridgehead atoms. The highest BCUT2D eigenvalue weighted by Gasteiger charge is 2.36. The van der Waals surface area contributed by atoms with Gasteiger partial charge in [0.15, 0.2) is 0 Å². The van der Waals surface area contributed by atoms with E-state index in [1.807, 2.05) is 30.4 Å². The molecule has 0 unspecified atom stereocenters. The molecule has 1 aliphatic carbocycles. The fourth-order valence-corrected chi connectivity index (χ4v) is 5.72. The summed E-state index contributed by atoms with van der Waals surface area (Å²) < 4.78 is 5.94. The smallest absolute Gasteiger partial charge is 0.219 e. The van der Waals surface area contributed by atoms with Gasteiger partial charge in [-0.05, 0) is 66.0 Å². The third-order valence-corrected chi connectivity index (χ3v) is 8.02. The zero-order valence-electron chi connectivity index (χ0n) is 20.8. The summed E-state index contributed by atoms with van der Waals surface area (Å²) in [6, 6.07) is 4.44. The maximum Gasteiger partial charge on any atom is 0.219 e. The number of ether oxygens (including phenoxy) is 1. The van der Waals surface area contributed by atoms with Gasteiger partial charge < -0.3 is 4.74 Å². The summed E-state index contributed by atoms with van der Waals surface area (Å²) in [5.74, 6) is 0.765. The summed E-state index contributed by atoms with van der Waals surface area (Å²) in [7, 11) is 0. The summed E-state index contributed by atoms with van der Waals surface area (Å²) in [6.07, 6.45) is 8.21. The average Bonchev–Trinajstić information content (AvgIpc) is 2.67. The van der Waals surface area contributed by atoms with Crippen LogP contribution in [-0.4, -0.2) is 12.4 Å². The average molecular weight is 468 g/mol. The van der Waals surface area contributed by atoms with Gasteiger partial charge >= 0.3 is 0 Å². The number of rotatable bonds is 4. The molecule has 4 heteroatoms. The van der Waals surface area contributed by atoms with Crippen LogP contribution < -0.4 is 0 Å². The molecular weight excluding hydrogens is 432 g/mol. The Labute approximate surface area is 201 Å². The lowest BCUT2D eigenvalue weighted by Gasteiger charge is -2.24. The topological polar surface area (TPSA) is 26.3 Å². The second-order valence-corrected chi connectivity index (χ2v) is 13.0. The van der Waals surface area contributed by atoms with Gasteiger partial charge in [-0.15, -0.1) is 0 Å². The quantitative estimate of drug-likeness (QED) is 0.329. The largest absolute Gasteiger partial charge is 0.492 e. The Kier molecular flexibility index (Phi) is 7.07. The molecule has 2 nitrogen and oxygen atoms in total. The normalized spacial score (nSPS) is 18.5. The summed E-state index contributed by atoms with van der Waals surface area (Å²) in [4.78, 5) is 18.2. The molecular formula is C28H35O2S2+. The van der Waals surface area contributed by atoms with Crippen molar-refractivity contribution in [3.63, 3.8) is 0 Å². The lowest BCUT2D eigenvalue weighted by molar-refractivity contribution is -0.113. The molecule has 0 fully saturated rings. The molecule has 0 atom stereocenters. The molecule has 1 aliphatic heterocycles. The number of ketones is 1. The first kappa shape index (κ1) is 24.7. The highest BCUT2D eigenvalue weighted by atomic mass is 32.2. The monoisotopic (exact) mass is 467 g/mol. The number of thioether (sulfide) groups is 1. The van der Waals surface area contributed by atoms with Crippen LogP contribution >= 0.6 is 23.1 Å². The Hall–Kier alpha value is -1.91. The van der Waals surface area contributed by atoms with Crippen molar-refractivity contribution in [3.8, 4) is 0 Å². The molecule has 0 N–H and O–H groups in total. The molecule has 2 aliphatic rings. The zero-order valence-corrected chi connectivity index (χ0v) is 22.4. The summed E-state index contributed by atoms with van der Waals surface area (Å²) in [6.45, 7) is 20.1. The molecule has 32 heavy (non-hydrogen) atoms. The first-order valence-corrected chi connectivity index (χ1v) is 12.8. The van der Waals surface area contributed by atoms with Gasteiger partial charge in [-0.2, -0.15) is 0 Å². The molecule has 0 radical (unpaired) electrons. The SMILES string of the molecule is CCOC1=C(C=C2C=C(C)SC(C)=C2)C(=O)C1=Cc1cc(C(C)(C)C)[s+]c(C(C)(C)C)c1. The fourth-order valence-electron chi connectivity index (χ4n) is 3.58. The van der Waals surface area contributed by atoms with Crippen LogP contribution in [0, 0.1) is 0 Å². The van der Waals surface area contributed by atoms with Gasteiger partial charge in [-0.3, -0.25) is 4.79 Å². The summed E-state index contributed by atoms with van der Waals surface area (Å²) in [5.41, 5.74) is 3.53. The van der Waals surface area contributed by atoms with Crippen LogP contribution in [0.4, 0.5) is 0 Å². The van der Waals surface area contributed by atoms with Crippen LogP contribution in [0.25, 0.3) is 6.08 Å². The van der Waals surface area contributed by atoms with E-state index in [1.54, 1.807) is 11.8 Å². The predicted molar refractivity (Wildman–Crippen MR) is 141 cm³/mol. The predicted octanol–water partition coefficient (Wildman–Crippen LogP) is 8.36. The van der Waals surface area contributed by atoms with Gasteiger partial charge in [0.2, 0.25) is 26.9 Å². The van der Waals surface area contributed by atoms with Crippen molar-refractivity contribution in [2.45, 2.75) is 73.1 Å². The number of hydrogen-bond acceptors (Lipinski definition) is 3. The molecule has 0 saturated heterocycles. The Bertz CT molecular complexity index is 1040. The van der Waals surface area contributed by atoms with Crippen LogP contribution in [0.5, 0.6) is 0 Å². The number of Topliss-reactive ketones (excluding diaryl/α,β-unsaturated/α-hetero) is 1. The third-order valence-electron chi connectivity index (χ3n) is 5.24. The first-order valence-electron chi connectivity index (χ1n) is 11.2. The second kappa shape index (κ2) is 9.15. The van der Waals surface area contributed by atoms with Crippen LogP contribution in [0.2, 0.25) is 0 Å². The van der Waals surface area contributed by atoms with Crippen LogP contribution in [0.1, 0.15) is 77.6 Å². The Morgan fingerprint density at radius 2 is 1.47 bits per heavy atom. The van der Waals surface area contributed by atoms with Crippen molar-refractivity contribution in [1.82, 2.24) is 0 Å². The van der Waals surface area contributed by atoms with E-state index in [-0.39, 0.29) is 16.6 Å². The number of carbonyl (C=O) groups excluding carboxylic acids is 1. The number of allylic oxidation sites excluding steroid dienone is 8. The van der Waals surface area contributed by atoms with Crippen molar-refractivity contribution < 1.29 is 9.53 Å². The molecule has 1 aromatic rings. The van der Waals surface area contributed by atoms with Crippen molar-refractivity contribution in [1.29, 1.82) is 0 Å². The molecule has 2 heterocycles. The van der Waals surface area contributed by atoms with Gasteiger partial charge in [-0.1, -0.05) is 53.3 Å². The fraction of sp³-hybridized carbons (Fsp3) is 0.429. The lowest BCUT2D eigenvalue weighted by atomic mass is 9.84. The van der Waals surface area contributed by atoms with Crippen molar-refractivity contribution in [2.75, 3.05) is 6.61 Å². The molecule has 0 amide bonds. The maximum absolute atomic E-state index is 13.2. The highest BCUT2D eigenvalue weighted by Crippen LogP contribution is 2.39.